The van der Waals surface area contributed by atoms with Crippen LogP contribution in [0.1, 0.15) is 22.6 Å². The summed E-state index contributed by atoms with van der Waals surface area (Å²) in [5.41, 5.74) is 3.38. The summed E-state index contributed by atoms with van der Waals surface area (Å²) in [5.74, 6) is 0.597. The summed E-state index contributed by atoms with van der Waals surface area (Å²) in [4.78, 5) is 0. The Morgan fingerprint density at radius 3 is 1.47 bits per heavy atom. The van der Waals surface area contributed by atoms with Crippen LogP contribution in [0.25, 0.3) is 0 Å². The van der Waals surface area contributed by atoms with Crippen LogP contribution in [0.4, 0.5) is 0 Å². The van der Waals surface area contributed by atoms with Crippen LogP contribution in [0.15, 0.2) is 78.9 Å². The lowest BCUT2D eigenvalue weighted by Crippen LogP contribution is -2.06. The van der Waals surface area contributed by atoms with Crippen LogP contribution >= 0.6 is 0 Å². The molecule has 2 aliphatic heterocycles. The molecule has 3 aromatic carbocycles. The van der Waals surface area contributed by atoms with E-state index in [0.717, 1.165) is 37.6 Å². The second-order valence-corrected chi connectivity index (χ2v) is 7.47. The average Bonchev–Trinajstić information content (AvgIpc) is 3.69. The van der Waals surface area contributed by atoms with Crippen molar-refractivity contribution in [1.82, 2.24) is 0 Å². The van der Waals surface area contributed by atoms with Crippen molar-refractivity contribution in [1.29, 1.82) is 0 Å². The molecule has 0 amide bonds. The van der Waals surface area contributed by atoms with Crippen molar-refractivity contribution in [2.45, 2.75) is 18.1 Å². The van der Waals surface area contributed by atoms with E-state index in [-0.39, 0.29) is 17.4 Å². The number of phenolic OH excluding ortho intramolecular Hbond substituents is 2. The van der Waals surface area contributed by atoms with Gasteiger partial charge >= 0.3 is 0 Å². The van der Waals surface area contributed by atoms with E-state index in [4.69, 9.17) is 14.2 Å². The standard InChI is InChI=1S/C19H16O2.C6H10O3/c20-17-10-6-15(7-11-17)19(14-4-2-1-3-5-14)16-8-12-18(21)13-9-16;1(5-3-8-5)7-2-6-4-9-6/h1-13,19-21H;5-6H,1-4H2. The molecule has 3 aromatic rings. The van der Waals surface area contributed by atoms with E-state index in [1.807, 2.05) is 42.5 Å². The predicted molar refractivity (Wildman–Crippen MR) is 114 cm³/mol. The third-order valence-electron chi connectivity index (χ3n) is 5.00. The maximum absolute atomic E-state index is 9.48. The minimum atomic E-state index is 0.0763. The van der Waals surface area contributed by atoms with Crippen molar-refractivity contribution in [3.63, 3.8) is 0 Å². The van der Waals surface area contributed by atoms with Gasteiger partial charge in [-0.05, 0) is 41.0 Å². The number of phenols is 2. The molecular formula is C25H26O5. The first-order valence-electron chi connectivity index (χ1n) is 10.1. The number of aromatic hydroxyl groups is 2. The monoisotopic (exact) mass is 406 g/mol. The van der Waals surface area contributed by atoms with Gasteiger partial charge in [-0.15, -0.1) is 0 Å². The molecular weight excluding hydrogens is 380 g/mol. The number of hydrogen-bond donors (Lipinski definition) is 2. The van der Waals surface area contributed by atoms with Gasteiger partial charge in [0, 0.05) is 5.92 Å². The van der Waals surface area contributed by atoms with Crippen LogP contribution in [0.3, 0.4) is 0 Å². The summed E-state index contributed by atoms with van der Waals surface area (Å²) in [6.07, 6.45) is 0.785. The number of hydrogen-bond acceptors (Lipinski definition) is 5. The van der Waals surface area contributed by atoms with Crippen LogP contribution in [-0.2, 0) is 14.2 Å². The van der Waals surface area contributed by atoms with Gasteiger partial charge in [0.15, 0.2) is 0 Å². The highest BCUT2D eigenvalue weighted by Crippen LogP contribution is 2.33. The molecule has 30 heavy (non-hydrogen) atoms. The van der Waals surface area contributed by atoms with Crippen LogP contribution in [0.2, 0.25) is 0 Å². The SMILES string of the molecule is C(OCC1CO1)C1CO1.Oc1ccc(C(c2ccccc2)c2ccc(O)cc2)cc1. The molecule has 2 saturated heterocycles. The second-order valence-electron chi connectivity index (χ2n) is 7.47. The molecule has 2 aliphatic rings. The fourth-order valence-corrected chi connectivity index (χ4v) is 3.22. The minimum Gasteiger partial charge on any atom is -0.508 e. The summed E-state index contributed by atoms with van der Waals surface area (Å²) in [5, 5.41) is 19.0. The van der Waals surface area contributed by atoms with Crippen molar-refractivity contribution in [2.75, 3.05) is 26.4 Å². The Morgan fingerprint density at radius 2 is 1.07 bits per heavy atom. The quantitative estimate of drug-likeness (QED) is 0.457. The average molecular weight is 406 g/mol. The lowest BCUT2D eigenvalue weighted by molar-refractivity contribution is 0.102. The summed E-state index contributed by atoms with van der Waals surface area (Å²) in [7, 11) is 0. The Labute approximate surface area is 176 Å². The predicted octanol–water partition coefficient (Wildman–Crippen LogP) is 4.08. The summed E-state index contributed by atoms with van der Waals surface area (Å²) in [6, 6.07) is 24.7. The smallest absolute Gasteiger partial charge is 0.115 e. The molecule has 0 spiro atoms. The van der Waals surface area contributed by atoms with Crippen LogP contribution < -0.4 is 0 Å². The van der Waals surface area contributed by atoms with Crippen LogP contribution in [0.5, 0.6) is 11.5 Å². The highest BCUT2D eigenvalue weighted by Gasteiger charge is 2.26. The van der Waals surface area contributed by atoms with Gasteiger partial charge in [0.05, 0.1) is 26.4 Å². The van der Waals surface area contributed by atoms with E-state index in [2.05, 4.69) is 12.1 Å². The third kappa shape index (κ3) is 6.07. The van der Waals surface area contributed by atoms with Crippen LogP contribution in [-0.4, -0.2) is 48.8 Å². The molecule has 5 rings (SSSR count). The number of benzene rings is 3. The first-order chi connectivity index (χ1) is 14.7. The van der Waals surface area contributed by atoms with Gasteiger partial charge < -0.3 is 24.4 Å². The Morgan fingerprint density at radius 1 is 0.667 bits per heavy atom. The summed E-state index contributed by atoms with van der Waals surface area (Å²) >= 11 is 0. The van der Waals surface area contributed by atoms with Gasteiger partial charge in [0.25, 0.3) is 0 Å². The maximum atomic E-state index is 9.48. The van der Waals surface area contributed by atoms with E-state index in [1.54, 1.807) is 24.3 Å². The molecule has 2 unspecified atom stereocenters. The van der Waals surface area contributed by atoms with E-state index < -0.39 is 0 Å². The summed E-state index contributed by atoms with van der Waals surface area (Å²) < 4.78 is 15.1. The zero-order valence-electron chi connectivity index (χ0n) is 16.7. The highest BCUT2D eigenvalue weighted by atomic mass is 16.6. The van der Waals surface area contributed by atoms with E-state index in [9.17, 15) is 10.2 Å². The molecule has 0 saturated carbocycles. The van der Waals surface area contributed by atoms with Crippen molar-refractivity contribution in [2.24, 2.45) is 0 Å². The molecule has 2 N–H and O–H groups in total. The van der Waals surface area contributed by atoms with E-state index in [0.29, 0.717) is 12.2 Å². The minimum absolute atomic E-state index is 0.0763. The molecule has 0 aromatic heterocycles. The zero-order valence-corrected chi connectivity index (χ0v) is 16.7. The van der Waals surface area contributed by atoms with E-state index in [1.165, 1.54) is 5.56 Å². The molecule has 5 heteroatoms. The zero-order chi connectivity index (χ0) is 20.8. The Kier molecular flexibility index (Phi) is 6.64. The molecule has 5 nitrogen and oxygen atoms in total. The molecule has 0 aliphatic carbocycles. The Balaban J connectivity index is 0.000000200. The molecule has 156 valence electrons. The fourth-order valence-electron chi connectivity index (χ4n) is 3.22. The number of ether oxygens (including phenoxy) is 3. The van der Waals surface area contributed by atoms with Crippen molar-refractivity contribution in [3.8, 4) is 11.5 Å². The van der Waals surface area contributed by atoms with Gasteiger partial charge in [0.2, 0.25) is 0 Å². The van der Waals surface area contributed by atoms with Gasteiger partial charge in [-0.3, -0.25) is 0 Å². The Hall–Kier alpha value is -2.86. The van der Waals surface area contributed by atoms with E-state index >= 15 is 0 Å². The maximum Gasteiger partial charge on any atom is 0.115 e. The summed E-state index contributed by atoms with van der Waals surface area (Å²) in [6.45, 7) is 3.26. The van der Waals surface area contributed by atoms with Gasteiger partial charge in [0.1, 0.15) is 23.7 Å². The highest BCUT2D eigenvalue weighted by molar-refractivity contribution is 5.45. The fraction of sp³-hybridized carbons (Fsp3) is 0.280. The molecule has 2 heterocycles. The number of epoxide rings is 2. The lowest BCUT2D eigenvalue weighted by Gasteiger charge is -2.19. The number of rotatable bonds is 7. The normalized spacial score (nSPS) is 19.1. The van der Waals surface area contributed by atoms with Crippen LogP contribution in [0, 0.1) is 0 Å². The Bertz CT molecular complexity index is 843. The lowest BCUT2D eigenvalue weighted by atomic mass is 9.85. The third-order valence-corrected chi connectivity index (χ3v) is 5.00. The topological polar surface area (TPSA) is 74.8 Å². The van der Waals surface area contributed by atoms with Gasteiger partial charge in [-0.1, -0.05) is 54.6 Å². The second kappa shape index (κ2) is 9.76. The van der Waals surface area contributed by atoms with Gasteiger partial charge in [-0.25, -0.2) is 0 Å². The largest absolute Gasteiger partial charge is 0.508 e. The molecule has 2 fully saturated rings. The van der Waals surface area contributed by atoms with Gasteiger partial charge in [-0.2, -0.15) is 0 Å². The first-order valence-corrected chi connectivity index (χ1v) is 10.1. The molecule has 2 atom stereocenters. The molecule has 0 bridgehead atoms. The van der Waals surface area contributed by atoms with Crippen molar-refractivity contribution < 1.29 is 24.4 Å². The van der Waals surface area contributed by atoms with Crippen molar-refractivity contribution >= 4 is 0 Å². The first kappa shape index (κ1) is 20.4. The van der Waals surface area contributed by atoms with Crippen molar-refractivity contribution in [3.05, 3.63) is 95.6 Å². The molecule has 0 radical (unpaired) electrons.